The predicted octanol–water partition coefficient (Wildman–Crippen LogP) is 1.98. The summed E-state index contributed by atoms with van der Waals surface area (Å²) >= 11 is 0. The van der Waals surface area contributed by atoms with E-state index < -0.39 is 10.0 Å². The highest BCUT2D eigenvalue weighted by molar-refractivity contribution is 7.89. The number of aryl methyl sites for hydroxylation is 1. The van der Waals surface area contributed by atoms with Gasteiger partial charge in [0.05, 0.1) is 16.2 Å². The highest BCUT2D eigenvalue weighted by Gasteiger charge is 2.30. The van der Waals surface area contributed by atoms with Crippen LogP contribution in [0.2, 0.25) is 0 Å². The van der Waals surface area contributed by atoms with Crippen LogP contribution in [0.25, 0.3) is 10.8 Å². The lowest BCUT2D eigenvalue weighted by Crippen LogP contribution is -2.39. The van der Waals surface area contributed by atoms with Crippen molar-refractivity contribution in [2.75, 3.05) is 6.54 Å². The van der Waals surface area contributed by atoms with E-state index in [2.05, 4.69) is 9.97 Å². The third-order valence-corrected chi connectivity index (χ3v) is 6.35. The molecule has 4 rings (SSSR count). The van der Waals surface area contributed by atoms with Crippen molar-refractivity contribution in [2.45, 2.75) is 24.8 Å². The molecule has 0 spiro atoms. The van der Waals surface area contributed by atoms with Crippen LogP contribution in [-0.4, -0.2) is 29.2 Å². The largest absolute Gasteiger partial charge is 0.310 e. The number of benzene rings is 2. The molecule has 0 radical (unpaired) electrons. The Morgan fingerprint density at radius 1 is 1.12 bits per heavy atom. The van der Waals surface area contributed by atoms with Gasteiger partial charge in [-0.3, -0.25) is 4.79 Å². The van der Waals surface area contributed by atoms with Gasteiger partial charge in [-0.1, -0.05) is 30.3 Å². The highest BCUT2D eigenvalue weighted by Crippen LogP contribution is 2.25. The number of hydrogen-bond donors (Lipinski definition) is 1. The summed E-state index contributed by atoms with van der Waals surface area (Å²) in [5, 5.41) is 1.86. The molecular weight excluding hydrogens is 338 g/mol. The average molecular weight is 355 g/mol. The Morgan fingerprint density at radius 2 is 1.88 bits per heavy atom. The van der Waals surface area contributed by atoms with Gasteiger partial charge in [-0.2, -0.15) is 4.31 Å². The number of fused-ring (bicyclic) bond motifs is 2. The van der Waals surface area contributed by atoms with E-state index in [4.69, 9.17) is 0 Å². The lowest BCUT2D eigenvalue weighted by Gasteiger charge is -2.27. The SMILES string of the molecule is Cc1nc2c(c(=O)[nH]1)CN(S(=O)(=O)c1ccc3ccccc3c1)CC2. The van der Waals surface area contributed by atoms with Gasteiger partial charge in [0.1, 0.15) is 5.82 Å². The standard InChI is InChI=1S/C18H17N3O3S/c1-12-19-17-8-9-21(11-16(17)18(22)20-12)25(23,24)15-7-6-13-4-2-3-5-14(13)10-15/h2-7,10H,8-9,11H2,1H3,(H,19,20,22). The second kappa shape index (κ2) is 5.79. The molecule has 25 heavy (non-hydrogen) atoms. The molecule has 2 aromatic carbocycles. The van der Waals surface area contributed by atoms with E-state index in [9.17, 15) is 13.2 Å². The molecule has 128 valence electrons. The Balaban J connectivity index is 1.74. The van der Waals surface area contributed by atoms with E-state index >= 15 is 0 Å². The Labute approximate surface area is 145 Å². The number of H-pyrrole nitrogens is 1. The molecule has 3 aromatic rings. The highest BCUT2D eigenvalue weighted by atomic mass is 32.2. The lowest BCUT2D eigenvalue weighted by atomic mass is 10.1. The van der Waals surface area contributed by atoms with Crippen LogP contribution < -0.4 is 5.56 Å². The van der Waals surface area contributed by atoms with Gasteiger partial charge in [-0.05, 0) is 29.8 Å². The van der Waals surface area contributed by atoms with Gasteiger partial charge in [0.2, 0.25) is 10.0 Å². The van der Waals surface area contributed by atoms with Crippen LogP contribution in [0.1, 0.15) is 17.1 Å². The minimum atomic E-state index is -3.67. The Hall–Kier alpha value is -2.51. The van der Waals surface area contributed by atoms with Crippen molar-refractivity contribution in [1.29, 1.82) is 0 Å². The topological polar surface area (TPSA) is 83.1 Å². The van der Waals surface area contributed by atoms with Gasteiger partial charge in [0.25, 0.3) is 5.56 Å². The number of hydrogen-bond acceptors (Lipinski definition) is 4. The first kappa shape index (κ1) is 16.0. The predicted molar refractivity (Wildman–Crippen MR) is 94.8 cm³/mol. The van der Waals surface area contributed by atoms with E-state index in [1.54, 1.807) is 25.1 Å². The smallest absolute Gasteiger partial charge is 0.255 e. The fourth-order valence-corrected chi connectivity index (χ4v) is 4.65. The summed E-state index contributed by atoms with van der Waals surface area (Å²) in [5.74, 6) is 0.551. The van der Waals surface area contributed by atoms with Crippen molar-refractivity contribution in [3.8, 4) is 0 Å². The second-order valence-corrected chi connectivity index (χ2v) is 8.11. The van der Waals surface area contributed by atoms with Crippen molar-refractivity contribution < 1.29 is 8.42 Å². The Bertz CT molecular complexity index is 1140. The molecule has 1 aromatic heterocycles. The molecule has 0 unspecified atom stereocenters. The summed E-state index contributed by atoms with van der Waals surface area (Å²) in [4.78, 5) is 19.4. The number of aromatic amines is 1. The van der Waals surface area contributed by atoms with Crippen molar-refractivity contribution in [2.24, 2.45) is 0 Å². The molecule has 1 N–H and O–H groups in total. The van der Waals surface area contributed by atoms with E-state index in [0.29, 0.717) is 30.0 Å². The molecule has 0 aliphatic carbocycles. The second-order valence-electron chi connectivity index (χ2n) is 6.17. The van der Waals surface area contributed by atoms with E-state index in [1.165, 1.54) is 4.31 Å². The van der Waals surface area contributed by atoms with Crippen LogP contribution in [0.4, 0.5) is 0 Å². The molecule has 0 atom stereocenters. The maximum atomic E-state index is 13.0. The fraction of sp³-hybridized carbons (Fsp3) is 0.222. The van der Waals surface area contributed by atoms with Crippen LogP contribution in [0.5, 0.6) is 0 Å². The molecule has 0 saturated carbocycles. The molecule has 2 heterocycles. The number of nitrogens with zero attached hydrogens (tertiary/aromatic N) is 2. The minimum Gasteiger partial charge on any atom is -0.310 e. The van der Waals surface area contributed by atoms with Gasteiger partial charge in [0.15, 0.2) is 0 Å². The molecule has 6 nitrogen and oxygen atoms in total. The molecule has 1 aliphatic heterocycles. The zero-order valence-corrected chi connectivity index (χ0v) is 14.5. The van der Waals surface area contributed by atoms with Crippen molar-refractivity contribution in [3.05, 3.63) is 69.9 Å². The molecule has 0 amide bonds. The number of sulfonamides is 1. The summed E-state index contributed by atoms with van der Waals surface area (Å²) in [6.07, 6.45) is 0.437. The van der Waals surface area contributed by atoms with Crippen molar-refractivity contribution >= 4 is 20.8 Å². The Kier molecular flexibility index (Phi) is 3.70. The number of rotatable bonds is 2. The molecule has 0 bridgehead atoms. The van der Waals surface area contributed by atoms with Crippen LogP contribution >= 0.6 is 0 Å². The monoisotopic (exact) mass is 355 g/mol. The van der Waals surface area contributed by atoms with Crippen molar-refractivity contribution in [1.82, 2.24) is 14.3 Å². The normalized spacial score (nSPS) is 15.2. The maximum Gasteiger partial charge on any atom is 0.255 e. The number of aromatic nitrogens is 2. The zero-order chi connectivity index (χ0) is 17.6. The summed E-state index contributed by atoms with van der Waals surface area (Å²) in [7, 11) is -3.67. The molecule has 7 heteroatoms. The van der Waals surface area contributed by atoms with E-state index in [0.717, 1.165) is 10.8 Å². The van der Waals surface area contributed by atoms with Gasteiger partial charge < -0.3 is 4.98 Å². The molecule has 1 aliphatic rings. The first-order chi connectivity index (χ1) is 11.9. The van der Waals surface area contributed by atoms with Gasteiger partial charge in [-0.25, -0.2) is 13.4 Å². The number of nitrogens with one attached hydrogen (secondary N) is 1. The fourth-order valence-electron chi connectivity index (χ4n) is 3.21. The van der Waals surface area contributed by atoms with Gasteiger partial charge in [0, 0.05) is 19.5 Å². The quantitative estimate of drug-likeness (QED) is 0.762. The zero-order valence-electron chi connectivity index (χ0n) is 13.7. The minimum absolute atomic E-state index is 0.0487. The van der Waals surface area contributed by atoms with Crippen LogP contribution in [0.3, 0.4) is 0 Å². The van der Waals surface area contributed by atoms with Crippen LogP contribution in [-0.2, 0) is 23.0 Å². The van der Waals surface area contributed by atoms with Crippen LogP contribution in [0, 0.1) is 6.92 Å². The maximum absolute atomic E-state index is 13.0. The third kappa shape index (κ3) is 2.75. The van der Waals surface area contributed by atoms with E-state index in [1.807, 2.05) is 24.3 Å². The van der Waals surface area contributed by atoms with Gasteiger partial charge >= 0.3 is 0 Å². The van der Waals surface area contributed by atoms with Gasteiger partial charge in [-0.15, -0.1) is 0 Å². The molecule has 0 fully saturated rings. The first-order valence-electron chi connectivity index (χ1n) is 8.03. The summed E-state index contributed by atoms with van der Waals surface area (Å²) in [6, 6.07) is 12.7. The van der Waals surface area contributed by atoms with E-state index in [-0.39, 0.29) is 17.0 Å². The average Bonchev–Trinajstić information content (AvgIpc) is 2.60. The summed E-state index contributed by atoms with van der Waals surface area (Å²) < 4.78 is 27.4. The summed E-state index contributed by atoms with van der Waals surface area (Å²) in [6.45, 7) is 2.09. The lowest BCUT2D eigenvalue weighted by molar-refractivity contribution is 0.384. The van der Waals surface area contributed by atoms with Crippen LogP contribution in [0.15, 0.2) is 52.2 Å². The molecular formula is C18H17N3O3S. The first-order valence-corrected chi connectivity index (χ1v) is 9.47. The van der Waals surface area contributed by atoms with Crippen molar-refractivity contribution in [3.63, 3.8) is 0 Å². The third-order valence-electron chi connectivity index (χ3n) is 4.51. The molecule has 0 saturated heterocycles. The Morgan fingerprint density at radius 3 is 2.68 bits per heavy atom. The summed E-state index contributed by atoms with van der Waals surface area (Å²) in [5.41, 5.74) is 0.855.